The first-order valence-corrected chi connectivity index (χ1v) is 3.43. The molecule has 1 fully saturated rings. The summed E-state index contributed by atoms with van der Waals surface area (Å²) in [7, 11) is 0. The molecule has 0 aromatic carbocycles. The first-order valence-electron chi connectivity index (χ1n) is 3.43. The van der Waals surface area contributed by atoms with Gasteiger partial charge in [0.05, 0.1) is 6.54 Å². The fourth-order valence-electron chi connectivity index (χ4n) is 0.490. The zero-order chi connectivity index (χ0) is 9.40. The zero-order valence-electron chi connectivity index (χ0n) is 6.74. The lowest BCUT2D eigenvalue weighted by Crippen LogP contribution is -2.11. The number of nitrogens with one attached hydrogen (secondary N) is 1. The predicted molar refractivity (Wildman–Crippen MR) is 41.8 cm³/mol. The number of carbonyl (C=O) groups is 2. The zero-order valence-corrected chi connectivity index (χ0v) is 6.74. The van der Waals surface area contributed by atoms with E-state index < -0.39 is 5.97 Å². The molecule has 0 unspecified atom stereocenters. The van der Waals surface area contributed by atoms with E-state index in [0.717, 1.165) is 6.08 Å². The van der Waals surface area contributed by atoms with Crippen LogP contribution in [0, 0.1) is 0 Å². The highest BCUT2D eigenvalue weighted by Crippen LogP contribution is 1.82. The minimum absolute atomic E-state index is 0.296. The molecule has 5 heteroatoms. The minimum Gasteiger partial charge on any atom is -0.478 e. The quantitative estimate of drug-likeness (QED) is 0.562. The monoisotopic (exact) mass is 173 g/mol. The summed E-state index contributed by atoms with van der Waals surface area (Å²) >= 11 is 0. The van der Waals surface area contributed by atoms with Gasteiger partial charge in [-0.05, 0) is 6.92 Å². The molecule has 12 heavy (non-hydrogen) atoms. The first-order chi connectivity index (χ1) is 5.66. The summed E-state index contributed by atoms with van der Waals surface area (Å²) < 4.78 is 4.40. The smallest absolute Gasteiger partial charge is 0.407 e. The topological polar surface area (TPSA) is 75.6 Å². The van der Waals surface area contributed by atoms with Crippen molar-refractivity contribution in [1.29, 1.82) is 0 Å². The van der Waals surface area contributed by atoms with Crippen LogP contribution >= 0.6 is 0 Å². The Balaban J connectivity index is 0.000000202. The molecule has 2 N–H and O–H groups in total. The number of carboxylic acid groups (broad SMARTS) is 1. The standard InChI is InChI=1S/C4H6O2.C3H5NO2/c1-2-3-4(5)6;5-3-4-1-2-6-3/h2-3H,1H3,(H,5,6);1-2H2,(H,4,5). The van der Waals surface area contributed by atoms with Gasteiger partial charge < -0.3 is 15.2 Å². The maximum atomic E-state index is 9.91. The van der Waals surface area contributed by atoms with Gasteiger partial charge in [-0.25, -0.2) is 9.59 Å². The number of ether oxygens (including phenoxy) is 1. The van der Waals surface area contributed by atoms with Gasteiger partial charge in [-0.1, -0.05) is 6.08 Å². The second kappa shape index (κ2) is 6.21. The summed E-state index contributed by atoms with van der Waals surface area (Å²) in [5.41, 5.74) is 0. The minimum atomic E-state index is -0.891. The lowest BCUT2D eigenvalue weighted by Gasteiger charge is -1.80. The SMILES string of the molecule is CC=CC(=O)O.O=C1NCCO1. The van der Waals surface area contributed by atoms with E-state index in [0.29, 0.717) is 13.2 Å². The summed E-state index contributed by atoms with van der Waals surface area (Å²) in [6, 6.07) is 0. The Labute approximate surface area is 70.0 Å². The third-order valence-electron chi connectivity index (χ3n) is 0.914. The molecule has 0 bridgehead atoms. The lowest BCUT2D eigenvalue weighted by molar-refractivity contribution is -0.131. The summed E-state index contributed by atoms with van der Waals surface area (Å²) in [5, 5.41) is 10.3. The van der Waals surface area contributed by atoms with Crippen LogP contribution in [0.2, 0.25) is 0 Å². The van der Waals surface area contributed by atoms with E-state index in [9.17, 15) is 9.59 Å². The summed E-state index contributed by atoms with van der Waals surface area (Å²) in [6.45, 7) is 2.85. The van der Waals surface area contributed by atoms with Crippen molar-refractivity contribution in [2.75, 3.05) is 13.2 Å². The van der Waals surface area contributed by atoms with Crippen molar-refractivity contribution < 1.29 is 19.4 Å². The Kier molecular flexibility index (Phi) is 5.42. The summed E-state index contributed by atoms with van der Waals surface area (Å²) in [4.78, 5) is 19.4. The van der Waals surface area contributed by atoms with Crippen LogP contribution < -0.4 is 5.32 Å². The van der Waals surface area contributed by atoms with Crippen molar-refractivity contribution in [3.63, 3.8) is 0 Å². The van der Waals surface area contributed by atoms with E-state index in [4.69, 9.17) is 5.11 Å². The highest BCUT2D eigenvalue weighted by atomic mass is 16.6. The van der Waals surface area contributed by atoms with Gasteiger partial charge in [0.25, 0.3) is 0 Å². The molecule has 1 aliphatic rings. The van der Waals surface area contributed by atoms with Crippen LogP contribution in [0.1, 0.15) is 6.92 Å². The van der Waals surface area contributed by atoms with Crippen molar-refractivity contribution in [2.45, 2.75) is 6.92 Å². The maximum absolute atomic E-state index is 9.91. The fourth-order valence-corrected chi connectivity index (χ4v) is 0.490. The van der Waals surface area contributed by atoms with Crippen LogP contribution in [-0.4, -0.2) is 30.3 Å². The van der Waals surface area contributed by atoms with E-state index in [1.54, 1.807) is 6.92 Å². The van der Waals surface area contributed by atoms with E-state index >= 15 is 0 Å². The molecule has 1 saturated heterocycles. The molecular formula is C7H11NO4. The molecule has 68 valence electrons. The Morgan fingerprint density at radius 3 is 2.50 bits per heavy atom. The molecule has 5 nitrogen and oxygen atoms in total. The van der Waals surface area contributed by atoms with Crippen LogP contribution in [0.15, 0.2) is 12.2 Å². The number of allylic oxidation sites excluding steroid dienone is 1. The van der Waals surface area contributed by atoms with Gasteiger partial charge in [0.2, 0.25) is 0 Å². The number of aliphatic carboxylic acids is 1. The predicted octanol–water partition coefficient (Wildman–Crippen LogP) is 0.373. The van der Waals surface area contributed by atoms with Gasteiger partial charge >= 0.3 is 12.1 Å². The van der Waals surface area contributed by atoms with Crippen LogP contribution in [0.4, 0.5) is 4.79 Å². The molecule has 0 aliphatic carbocycles. The Morgan fingerprint density at radius 2 is 2.42 bits per heavy atom. The second-order valence-corrected chi connectivity index (χ2v) is 1.90. The molecule has 0 atom stereocenters. The van der Waals surface area contributed by atoms with Crippen LogP contribution in [-0.2, 0) is 9.53 Å². The number of alkyl carbamates (subject to hydrolysis) is 1. The third-order valence-corrected chi connectivity index (χ3v) is 0.914. The number of hydrogen-bond acceptors (Lipinski definition) is 3. The third kappa shape index (κ3) is 6.60. The van der Waals surface area contributed by atoms with Gasteiger partial charge in [0.15, 0.2) is 0 Å². The van der Waals surface area contributed by atoms with Crippen molar-refractivity contribution >= 4 is 12.1 Å². The van der Waals surface area contributed by atoms with Gasteiger partial charge in [-0.2, -0.15) is 0 Å². The molecular weight excluding hydrogens is 162 g/mol. The van der Waals surface area contributed by atoms with E-state index in [1.165, 1.54) is 6.08 Å². The number of cyclic esters (lactones) is 1. The fraction of sp³-hybridized carbons (Fsp3) is 0.429. The molecule has 0 aromatic heterocycles. The van der Waals surface area contributed by atoms with Crippen molar-refractivity contribution in [1.82, 2.24) is 5.32 Å². The first kappa shape index (κ1) is 10.5. The normalized spacial score (nSPS) is 14.6. The highest BCUT2D eigenvalue weighted by Gasteiger charge is 2.06. The lowest BCUT2D eigenvalue weighted by atomic mass is 10.5. The summed E-state index contributed by atoms with van der Waals surface area (Å²) in [5.74, 6) is -0.891. The molecule has 1 aliphatic heterocycles. The molecule has 1 amide bonds. The van der Waals surface area contributed by atoms with Crippen molar-refractivity contribution in [2.24, 2.45) is 0 Å². The van der Waals surface area contributed by atoms with E-state index in [2.05, 4.69) is 10.1 Å². The highest BCUT2D eigenvalue weighted by molar-refractivity contribution is 5.79. The maximum Gasteiger partial charge on any atom is 0.407 e. The van der Waals surface area contributed by atoms with Gasteiger partial charge in [-0.15, -0.1) is 0 Å². The summed E-state index contributed by atoms with van der Waals surface area (Å²) in [6.07, 6.45) is 2.26. The van der Waals surface area contributed by atoms with E-state index in [1.807, 2.05) is 0 Å². The molecule has 1 rings (SSSR count). The Hall–Kier alpha value is -1.52. The number of carboxylic acids is 1. The number of carbonyl (C=O) groups excluding carboxylic acids is 1. The average molecular weight is 173 g/mol. The largest absolute Gasteiger partial charge is 0.478 e. The van der Waals surface area contributed by atoms with Gasteiger partial charge in [-0.3, -0.25) is 0 Å². The molecule has 0 saturated carbocycles. The van der Waals surface area contributed by atoms with Crippen LogP contribution in [0.3, 0.4) is 0 Å². The second-order valence-electron chi connectivity index (χ2n) is 1.90. The van der Waals surface area contributed by atoms with Gasteiger partial charge in [0.1, 0.15) is 6.61 Å². The number of hydrogen-bond donors (Lipinski definition) is 2. The van der Waals surface area contributed by atoms with Gasteiger partial charge in [0, 0.05) is 6.08 Å². The van der Waals surface area contributed by atoms with Crippen molar-refractivity contribution in [3.8, 4) is 0 Å². The molecule has 0 radical (unpaired) electrons. The number of amides is 1. The van der Waals surface area contributed by atoms with Crippen LogP contribution in [0.5, 0.6) is 0 Å². The van der Waals surface area contributed by atoms with E-state index in [-0.39, 0.29) is 6.09 Å². The van der Waals surface area contributed by atoms with Crippen LogP contribution in [0.25, 0.3) is 0 Å². The molecule has 1 heterocycles. The van der Waals surface area contributed by atoms with Crippen molar-refractivity contribution in [3.05, 3.63) is 12.2 Å². The average Bonchev–Trinajstić information content (AvgIpc) is 2.40. The molecule has 0 spiro atoms. The number of rotatable bonds is 1. The Bertz CT molecular complexity index is 180. The Morgan fingerprint density at radius 1 is 1.75 bits per heavy atom. The molecule has 0 aromatic rings.